The van der Waals surface area contributed by atoms with Crippen molar-refractivity contribution in [3.05, 3.63) is 22.3 Å². The van der Waals surface area contributed by atoms with Crippen LogP contribution >= 0.6 is 15.9 Å². The Kier molecular flexibility index (Phi) is 4.52. The van der Waals surface area contributed by atoms with Gasteiger partial charge in [0.1, 0.15) is 11.4 Å². The number of carbonyl (C=O) groups is 2. The van der Waals surface area contributed by atoms with Gasteiger partial charge in [0.2, 0.25) is 0 Å². The Labute approximate surface area is 119 Å². The summed E-state index contributed by atoms with van der Waals surface area (Å²) < 4.78 is 5.77. The third-order valence-corrected chi connectivity index (χ3v) is 2.84. The van der Waals surface area contributed by atoms with Crippen LogP contribution in [0.2, 0.25) is 0 Å². The molecule has 2 amide bonds. The molecular weight excluding hydrogens is 316 g/mol. The van der Waals surface area contributed by atoms with E-state index in [1.807, 2.05) is 0 Å². The third-order valence-electron chi connectivity index (χ3n) is 2.00. The summed E-state index contributed by atoms with van der Waals surface area (Å²) in [6, 6.07) is 3.05. The number of aryl methyl sites for hydroxylation is 1. The van der Waals surface area contributed by atoms with Crippen LogP contribution < -0.4 is 4.90 Å². The van der Waals surface area contributed by atoms with Crippen molar-refractivity contribution in [1.29, 1.82) is 0 Å². The zero-order valence-electron chi connectivity index (χ0n) is 11.1. The number of hydrogen-bond donors (Lipinski definition) is 1. The molecule has 1 N–H and O–H groups in total. The Balaban J connectivity index is 3.10. The van der Waals surface area contributed by atoms with Crippen LogP contribution in [0.3, 0.4) is 0 Å². The molecule has 1 aromatic heterocycles. The highest BCUT2D eigenvalue weighted by molar-refractivity contribution is 9.10. The molecule has 104 valence electrons. The fourth-order valence-corrected chi connectivity index (χ4v) is 1.45. The molecule has 6 nitrogen and oxygen atoms in total. The van der Waals surface area contributed by atoms with E-state index in [2.05, 4.69) is 20.9 Å². The summed E-state index contributed by atoms with van der Waals surface area (Å²) in [7, 11) is 0. The number of anilines is 1. The van der Waals surface area contributed by atoms with Crippen molar-refractivity contribution in [2.75, 3.05) is 4.90 Å². The minimum atomic E-state index is -1.44. The first-order chi connectivity index (χ1) is 8.61. The van der Waals surface area contributed by atoms with Gasteiger partial charge in [0.15, 0.2) is 0 Å². The second-order valence-corrected chi connectivity index (χ2v) is 5.69. The Morgan fingerprint density at radius 1 is 1.37 bits per heavy atom. The monoisotopic (exact) mass is 330 g/mol. The van der Waals surface area contributed by atoms with Gasteiger partial charge in [-0.2, -0.15) is 4.90 Å². The van der Waals surface area contributed by atoms with Gasteiger partial charge in [0, 0.05) is 4.47 Å². The zero-order valence-corrected chi connectivity index (χ0v) is 12.7. The number of ether oxygens (including phenoxy) is 1. The normalized spacial score (nSPS) is 11.0. The van der Waals surface area contributed by atoms with Gasteiger partial charge in [-0.1, -0.05) is 0 Å². The molecule has 0 atom stereocenters. The van der Waals surface area contributed by atoms with Crippen molar-refractivity contribution < 1.29 is 19.4 Å². The number of imide groups is 1. The summed E-state index contributed by atoms with van der Waals surface area (Å²) in [4.78, 5) is 27.6. The van der Waals surface area contributed by atoms with E-state index in [0.29, 0.717) is 10.6 Å². The number of hydrogen-bond acceptors (Lipinski definition) is 4. The summed E-state index contributed by atoms with van der Waals surface area (Å²) in [5.41, 5.74) is -0.206. The second kappa shape index (κ2) is 5.56. The zero-order chi connectivity index (χ0) is 14.8. The van der Waals surface area contributed by atoms with E-state index in [1.54, 1.807) is 33.8 Å². The number of carboxylic acid groups (broad SMARTS) is 1. The molecule has 0 unspecified atom stereocenters. The largest absolute Gasteiger partial charge is 0.464 e. The molecule has 1 rings (SSSR count). The molecule has 0 aliphatic heterocycles. The van der Waals surface area contributed by atoms with Gasteiger partial charge < -0.3 is 9.84 Å². The van der Waals surface area contributed by atoms with Crippen LogP contribution in [0.4, 0.5) is 15.4 Å². The Hall–Kier alpha value is -1.63. The van der Waals surface area contributed by atoms with Crippen LogP contribution in [0.1, 0.15) is 26.5 Å². The Morgan fingerprint density at radius 3 is 2.37 bits per heavy atom. The average Bonchev–Trinajstić information content (AvgIpc) is 2.20. The molecule has 0 saturated carbocycles. The molecule has 7 heteroatoms. The lowest BCUT2D eigenvalue weighted by atomic mass is 10.2. The molecule has 0 radical (unpaired) electrons. The minimum absolute atomic E-state index is 0.00227. The maximum atomic E-state index is 11.9. The van der Waals surface area contributed by atoms with Gasteiger partial charge in [-0.05, 0) is 55.8 Å². The molecule has 0 bridgehead atoms. The van der Waals surface area contributed by atoms with Gasteiger partial charge in [-0.3, -0.25) is 0 Å². The highest BCUT2D eigenvalue weighted by Crippen LogP contribution is 2.21. The summed E-state index contributed by atoms with van der Waals surface area (Å²) in [6.45, 7) is 6.67. The van der Waals surface area contributed by atoms with Crippen LogP contribution in [0.25, 0.3) is 0 Å². The fourth-order valence-electron chi connectivity index (χ4n) is 1.23. The number of pyridine rings is 1. The van der Waals surface area contributed by atoms with E-state index in [0.717, 1.165) is 4.47 Å². The maximum Gasteiger partial charge on any atom is 0.425 e. The molecule has 0 saturated heterocycles. The Morgan fingerprint density at radius 2 is 1.95 bits per heavy atom. The molecule has 0 aliphatic carbocycles. The first-order valence-corrected chi connectivity index (χ1v) is 6.30. The second-order valence-electron chi connectivity index (χ2n) is 4.84. The van der Waals surface area contributed by atoms with Gasteiger partial charge in [0.05, 0.1) is 5.69 Å². The van der Waals surface area contributed by atoms with Crippen molar-refractivity contribution in [1.82, 2.24) is 4.98 Å². The predicted molar refractivity (Wildman–Crippen MR) is 73.4 cm³/mol. The van der Waals surface area contributed by atoms with Crippen LogP contribution in [0.15, 0.2) is 16.6 Å². The SMILES string of the molecule is Cc1nc(N(C(=O)O)C(=O)OC(C)(C)C)ccc1Br. The molecule has 0 aromatic carbocycles. The predicted octanol–water partition coefficient (Wildman–Crippen LogP) is 3.57. The molecule has 1 heterocycles. The lowest BCUT2D eigenvalue weighted by Crippen LogP contribution is -2.40. The van der Waals surface area contributed by atoms with E-state index in [-0.39, 0.29) is 5.82 Å². The smallest absolute Gasteiger partial charge is 0.425 e. The maximum absolute atomic E-state index is 11.9. The summed E-state index contributed by atoms with van der Waals surface area (Å²) in [6.07, 6.45) is -2.42. The van der Waals surface area contributed by atoms with Crippen LogP contribution in [0, 0.1) is 6.92 Å². The van der Waals surface area contributed by atoms with E-state index in [9.17, 15) is 9.59 Å². The molecular formula is C12H15BrN2O4. The van der Waals surface area contributed by atoms with Crippen LogP contribution in [-0.2, 0) is 4.74 Å². The molecule has 0 spiro atoms. The van der Waals surface area contributed by atoms with Gasteiger partial charge >= 0.3 is 12.2 Å². The summed E-state index contributed by atoms with van der Waals surface area (Å²) in [5.74, 6) is 0.00227. The van der Waals surface area contributed by atoms with E-state index in [1.165, 1.54) is 6.07 Å². The van der Waals surface area contributed by atoms with Crippen molar-refractivity contribution in [3.8, 4) is 0 Å². The number of rotatable bonds is 1. The van der Waals surface area contributed by atoms with Gasteiger partial charge in [0.25, 0.3) is 0 Å². The lowest BCUT2D eigenvalue weighted by molar-refractivity contribution is 0.0581. The number of nitrogens with zero attached hydrogens (tertiary/aromatic N) is 2. The first kappa shape index (κ1) is 15.4. The van der Waals surface area contributed by atoms with E-state index < -0.39 is 17.8 Å². The van der Waals surface area contributed by atoms with Gasteiger partial charge in [-0.25, -0.2) is 14.6 Å². The number of amides is 2. The highest BCUT2D eigenvalue weighted by atomic mass is 79.9. The number of carbonyl (C=O) groups excluding carboxylic acids is 1. The van der Waals surface area contributed by atoms with E-state index in [4.69, 9.17) is 9.84 Å². The van der Waals surface area contributed by atoms with Crippen LogP contribution in [-0.4, -0.2) is 27.9 Å². The first-order valence-electron chi connectivity index (χ1n) is 5.51. The van der Waals surface area contributed by atoms with Crippen molar-refractivity contribution >= 4 is 33.9 Å². The third kappa shape index (κ3) is 4.20. The van der Waals surface area contributed by atoms with Crippen LogP contribution in [0.5, 0.6) is 0 Å². The summed E-state index contributed by atoms with van der Waals surface area (Å²) >= 11 is 3.26. The van der Waals surface area contributed by atoms with E-state index >= 15 is 0 Å². The fraction of sp³-hybridized carbons (Fsp3) is 0.417. The van der Waals surface area contributed by atoms with Crippen molar-refractivity contribution in [2.24, 2.45) is 0 Å². The van der Waals surface area contributed by atoms with Crippen molar-refractivity contribution in [2.45, 2.75) is 33.3 Å². The summed E-state index contributed by atoms with van der Waals surface area (Å²) in [5, 5.41) is 9.13. The van der Waals surface area contributed by atoms with Crippen molar-refractivity contribution in [3.63, 3.8) is 0 Å². The minimum Gasteiger partial charge on any atom is -0.464 e. The number of aromatic nitrogens is 1. The lowest BCUT2D eigenvalue weighted by Gasteiger charge is -2.24. The molecule has 0 aliphatic rings. The quantitative estimate of drug-likeness (QED) is 0.851. The molecule has 0 fully saturated rings. The standard InChI is InChI=1S/C12H15BrN2O4/c1-7-8(13)5-6-9(14-7)15(10(16)17)11(18)19-12(2,3)4/h5-6H,1-4H3,(H,16,17). The molecule has 1 aromatic rings. The average molecular weight is 331 g/mol. The molecule has 19 heavy (non-hydrogen) atoms. The number of halogens is 1. The van der Waals surface area contributed by atoms with Gasteiger partial charge in [-0.15, -0.1) is 0 Å². The Bertz CT molecular complexity index is 511. The highest BCUT2D eigenvalue weighted by Gasteiger charge is 2.29. The topological polar surface area (TPSA) is 79.7 Å².